The van der Waals surface area contributed by atoms with Gasteiger partial charge in [0.05, 0.1) is 28.7 Å². The maximum absolute atomic E-state index is 12.7. The van der Waals surface area contributed by atoms with Crippen molar-refractivity contribution in [2.45, 2.75) is 0 Å². The van der Waals surface area contributed by atoms with Gasteiger partial charge in [-0.15, -0.1) is 0 Å². The summed E-state index contributed by atoms with van der Waals surface area (Å²) < 4.78 is 10.7. The minimum absolute atomic E-state index is 0.0650. The molecule has 3 aromatic rings. The number of nitrogens with zero attached hydrogens (tertiary/aromatic N) is 3. The molecule has 0 radical (unpaired) electrons. The number of methoxy groups -OCH3 is 1. The van der Waals surface area contributed by atoms with E-state index in [1.807, 2.05) is 0 Å². The topological polar surface area (TPSA) is 183 Å². The van der Waals surface area contributed by atoms with E-state index in [9.17, 15) is 34.6 Å². The van der Waals surface area contributed by atoms with Gasteiger partial charge in [-0.3, -0.25) is 29.8 Å². The van der Waals surface area contributed by atoms with Crippen LogP contribution in [0.1, 0.15) is 5.56 Å². The van der Waals surface area contributed by atoms with Gasteiger partial charge in [0, 0.05) is 6.07 Å². The van der Waals surface area contributed by atoms with Crippen molar-refractivity contribution in [3.63, 3.8) is 0 Å². The molecule has 14 heteroatoms. The molecule has 1 fully saturated rings. The fourth-order valence-corrected chi connectivity index (χ4v) is 3.57. The summed E-state index contributed by atoms with van der Waals surface area (Å²) >= 11 is 0. The predicted molar refractivity (Wildman–Crippen MR) is 136 cm³/mol. The van der Waals surface area contributed by atoms with Crippen LogP contribution in [0.3, 0.4) is 0 Å². The summed E-state index contributed by atoms with van der Waals surface area (Å²) in [6.07, 6.45) is 1.39. The number of urea groups is 1. The van der Waals surface area contributed by atoms with Crippen LogP contribution in [0.5, 0.6) is 17.2 Å². The number of rotatable bonds is 9. The number of carbonyl (C=O) groups is 3. The second kappa shape index (κ2) is 11.1. The highest BCUT2D eigenvalue weighted by atomic mass is 16.6. The first-order chi connectivity index (χ1) is 18.7. The summed E-state index contributed by atoms with van der Waals surface area (Å²) in [6, 6.07) is 14.9. The average Bonchev–Trinajstić information content (AvgIpc) is 3.17. The zero-order valence-corrected chi connectivity index (χ0v) is 20.2. The molecule has 198 valence electrons. The number of ether oxygens (including phenoxy) is 2. The van der Waals surface area contributed by atoms with Gasteiger partial charge < -0.3 is 20.1 Å². The molecule has 1 aliphatic heterocycles. The quantitative estimate of drug-likeness (QED) is 0.179. The fraction of sp³-hybridized carbons (Fsp3) is 0.0800. The second-order valence-electron chi connectivity index (χ2n) is 7.97. The third-order valence-corrected chi connectivity index (χ3v) is 5.41. The van der Waals surface area contributed by atoms with Crippen LogP contribution in [0, 0.1) is 20.2 Å². The summed E-state index contributed by atoms with van der Waals surface area (Å²) in [5.74, 6) is -0.912. The molecule has 1 aliphatic rings. The highest BCUT2D eigenvalue weighted by Gasteiger charge is 2.35. The van der Waals surface area contributed by atoms with E-state index in [-0.39, 0.29) is 17.2 Å². The Hall–Kier alpha value is -5.79. The maximum atomic E-state index is 12.7. The highest BCUT2D eigenvalue weighted by Crippen LogP contribution is 2.34. The minimum Gasteiger partial charge on any atom is -0.495 e. The molecule has 2 N–H and O–H groups in total. The molecule has 0 aromatic heterocycles. The molecule has 0 unspecified atom stereocenters. The summed E-state index contributed by atoms with van der Waals surface area (Å²) in [5, 5.41) is 27.2. The summed E-state index contributed by atoms with van der Waals surface area (Å²) in [7, 11) is 1.44. The first-order valence-corrected chi connectivity index (χ1v) is 11.1. The van der Waals surface area contributed by atoms with Crippen LogP contribution in [-0.2, 0) is 9.59 Å². The Bertz CT molecular complexity index is 1520. The van der Waals surface area contributed by atoms with Crippen LogP contribution >= 0.6 is 0 Å². The summed E-state index contributed by atoms with van der Waals surface area (Å²) in [4.78, 5) is 58.9. The van der Waals surface area contributed by atoms with E-state index < -0.39 is 45.6 Å². The van der Waals surface area contributed by atoms with Gasteiger partial charge in [-0.1, -0.05) is 24.3 Å². The normalized spacial score (nSPS) is 13.7. The van der Waals surface area contributed by atoms with Gasteiger partial charge in [0.1, 0.15) is 23.7 Å². The number of amides is 4. The van der Waals surface area contributed by atoms with Crippen LogP contribution in [0.4, 0.5) is 21.9 Å². The van der Waals surface area contributed by atoms with E-state index in [1.165, 1.54) is 37.5 Å². The predicted octanol–water partition coefficient (Wildman–Crippen LogP) is 3.84. The highest BCUT2D eigenvalue weighted by molar-refractivity contribution is 6.16. The zero-order valence-electron chi connectivity index (χ0n) is 20.2. The van der Waals surface area contributed by atoms with Crippen LogP contribution in [0.15, 0.2) is 72.4 Å². The molecule has 39 heavy (non-hydrogen) atoms. The lowest BCUT2D eigenvalue weighted by Gasteiger charge is -2.13. The number of anilines is 1. The van der Waals surface area contributed by atoms with Crippen molar-refractivity contribution in [2.75, 3.05) is 19.0 Å². The van der Waals surface area contributed by atoms with Crippen LogP contribution in [0.25, 0.3) is 6.08 Å². The number of hydrogen-bond acceptors (Lipinski definition) is 9. The Morgan fingerprint density at radius 2 is 1.72 bits per heavy atom. The smallest absolute Gasteiger partial charge is 0.329 e. The molecule has 14 nitrogen and oxygen atoms in total. The van der Waals surface area contributed by atoms with Gasteiger partial charge >= 0.3 is 11.7 Å². The molecule has 4 rings (SSSR count). The number of non-ortho nitro benzene ring substituents is 1. The summed E-state index contributed by atoms with van der Waals surface area (Å²) in [5.41, 5.74) is -0.237. The monoisotopic (exact) mass is 533 g/mol. The Kier molecular flexibility index (Phi) is 7.47. The van der Waals surface area contributed by atoms with Crippen molar-refractivity contribution in [2.24, 2.45) is 0 Å². The average molecular weight is 533 g/mol. The molecule has 3 aromatic carbocycles. The molecule has 0 atom stereocenters. The first-order valence-electron chi connectivity index (χ1n) is 11.1. The third kappa shape index (κ3) is 5.96. The van der Waals surface area contributed by atoms with Crippen molar-refractivity contribution in [1.82, 2.24) is 10.2 Å². The second-order valence-corrected chi connectivity index (χ2v) is 7.97. The number of para-hydroxylation sites is 2. The van der Waals surface area contributed by atoms with E-state index in [4.69, 9.17) is 9.47 Å². The van der Waals surface area contributed by atoms with E-state index in [1.54, 1.807) is 24.3 Å². The van der Waals surface area contributed by atoms with Gasteiger partial charge in [0.2, 0.25) is 11.7 Å². The Balaban J connectivity index is 1.43. The lowest BCUT2D eigenvalue weighted by atomic mass is 10.2. The number of nitro benzene ring substituents is 2. The van der Waals surface area contributed by atoms with Gasteiger partial charge in [0.25, 0.3) is 11.6 Å². The Morgan fingerprint density at radius 3 is 2.38 bits per heavy atom. The Labute approximate surface area is 219 Å². The molecule has 0 saturated carbocycles. The van der Waals surface area contributed by atoms with Gasteiger partial charge in [0.15, 0.2) is 0 Å². The van der Waals surface area contributed by atoms with Crippen LogP contribution < -0.4 is 20.1 Å². The number of carbonyl (C=O) groups excluding carboxylic acids is 3. The molecular formula is C25H19N5O9. The van der Waals surface area contributed by atoms with E-state index in [0.29, 0.717) is 17.0 Å². The van der Waals surface area contributed by atoms with Crippen molar-refractivity contribution < 1.29 is 33.7 Å². The SMILES string of the molecule is COc1ccccc1NC(=O)CN1C(=O)N/C(=C/c2ccc(Oc3ccc([N+](=O)[O-])cc3[N+](=O)[O-])cc2)C1=O. The molecule has 0 bridgehead atoms. The number of hydrogen-bond donors (Lipinski definition) is 2. The molecule has 1 heterocycles. The lowest BCUT2D eigenvalue weighted by molar-refractivity contribution is -0.394. The Morgan fingerprint density at radius 1 is 1.00 bits per heavy atom. The third-order valence-electron chi connectivity index (χ3n) is 5.41. The largest absolute Gasteiger partial charge is 0.495 e. The van der Waals surface area contributed by atoms with Gasteiger partial charge in [-0.05, 0) is 42.0 Å². The first kappa shape index (κ1) is 26.3. The summed E-state index contributed by atoms with van der Waals surface area (Å²) in [6.45, 7) is -0.527. The van der Waals surface area contributed by atoms with E-state index in [0.717, 1.165) is 23.1 Å². The van der Waals surface area contributed by atoms with Crippen molar-refractivity contribution >= 4 is 41.0 Å². The standard InChI is InChI=1S/C25H19N5O9/c1-38-21-5-3-2-4-18(21)26-23(31)14-28-24(32)19(27-25(28)33)12-15-6-9-17(10-7-15)39-22-11-8-16(29(34)35)13-20(22)30(36)37/h2-13H,14H2,1H3,(H,26,31)(H,27,33)/b19-12+. The lowest BCUT2D eigenvalue weighted by Crippen LogP contribution is -2.38. The maximum Gasteiger partial charge on any atom is 0.329 e. The fourth-order valence-electron chi connectivity index (χ4n) is 3.57. The molecule has 0 spiro atoms. The van der Waals surface area contributed by atoms with Crippen molar-refractivity contribution in [1.29, 1.82) is 0 Å². The van der Waals surface area contributed by atoms with Gasteiger partial charge in [-0.25, -0.2) is 9.69 Å². The number of nitro groups is 2. The van der Waals surface area contributed by atoms with E-state index >= 15 is 0 Å². The van der Waals surface area contributed by atoms with Crippen LogP contribution in [-0.4, -0.2) is 46.2 Å². The molecule has 4 amide bonds. The number of benzene rings is 3. The van der Waals surface area contributed by atoms with Gasteiger partial charge in [-0.2, -0.15) is 0 Å². The molecule has 0 aliphatic carbocycles. The zero-order chi connectivity index (χ0) is 28.1. The molecule has 1 saturated heterocycles. The van der Waals surface area contributed by atoms with Crippen molar-refractivity contribution in [3.8, 4) is 17.2 Å². The minimum atomic E-state index is -0.794. The number of imide groups is 1. The van der Waals surface area contributed by atoms with E-state index in [2.05, 4.69) is 10.6 Å². The van der Waals surface area contributed by atoms with Crippen LogP contribution in [0.2, 0.25) is 0 Å². The van der Waals surface area contributed by atoms with Crippen molar-refractivity contribution in [3.05, 3.63) is 98.2 Å². The molecular weight excluding hydrogens is 514 g/mol. The number of nitrogens with one attached hydrogen (secondary N) is 2.